The molecule has 7 heteroatoms. The highest BCUT2D eigenvalue weighted by molar-refractivity contribution is 5.76. The fourth-order valence-corrected chi connectivity index (χ4v) is 4.05. The third-order valence-corrected chi connectivity index (χ3v) is 5.63. The number of hydrogen-bond donors (Lipinski definition) is 1. The first-order valence-electron chi connectivity index (χ1n) is 10.2. The van der Waals surface area contributed by atoms with E-state index in [1.54, 1.807) is 0 Å². The number of nitrogens with one attached hydrogen (secondary N) is 1. The molecule has 0 aliphatic carbocycles. The van der Waals surface area contributed by atoms with Crippen molar-refractivity contribution in [1.82, 2.24) is 15.5 Å². The van der Waals surface area contributed by atoms with Gasteiger partial charge in [-0.1, -0.05) is 5.16 Å². The van der Waals surface area contributed by atoms with E-state index in [0.29, 0.717) is 30.9 Å². The smallest absolute Gasteiger partial charge is 0.220 e. The van der Waals surface area contributed by atoms with Gasteiger partial charge in [-0.2, -0.15) is 5.26 Å². The van der Waals surface area contributed by atoms with Gasteiger partial charge in [0, 0.05) is 37.3 Å². The third-order valence-electron chi connectivity index (χ3n) is 5.63. The number of pyridine rings is 1. The lowest BCUT2D eigenvalue weighted by Gasteiger charge is -2.34. The van der Waals surface area contributed by atoms with Gasteiger partial charge < -0.3 is 14.7 Å². The minimum atomic E-state index is 0.0457. The molecule has 3 rings (SSSR count). The predicted octanol–water partition coefficient (Wildman–Crippen LogP) is 3.14. The largest absolute Gasteiger partial charge is 0.361 e. The summed E-state index contributed by atoms with van der Waals surface area (Å²) in [4.78, 5) is 19.1. The number of hydrogen-bond acceptors (Lipinski definition) is 6. The molecular weight excluding hydrogens is 366 g/mol. The minimum absolute atomic E-state index is 0.0457. The van der Waals surface area contributed by atoms with Crippen molar-refractivity contribution in [3.05, 3.63) is 39.9 Å². The molecule has 1 N–H and O–H groups in total. The molecule has 1 fully saturated rings. The van der Waals surface area contributed by atoms with Crippen LogP contribution in [0.2, 0.25) is 0 Å². The van der Waals surface area contributed by atoms with Gasteiger partial charge >= 0.3 is 0 Å². The molecule has 1 aliphatic rings. The van der Waals surface area contributed by atoms with Crippen molar-refractivity contribution in [2.24, 2.45) is 5.92 Å². The molecule has 0 aromatic carbocycles. The molecule has 0 saturated carbocycles. The Kier molecular flexibility index (Phi) is 6.53. The molecule has 0 spiro atoms. The molecule has 1 atom stereocenters. The van der Waals surface area contributed by atoms with Gasteiger partial charge in [0.05, 0.1) is 11.3 Å². The maximum atomic E-state index is 12.3. The molecular formula is C22H29N5O2. The summed E-state index contributed by atoms with van der Waals surface area (Å²) in [5.41, 5.74) is 4.41. The average molecular weight is 396 g/mol. The molecule has 154 valence electrons. The molecule has 3 heterocycles. The monoisotopic (exact) mass is 395 g/mol. The summed E-state index contributed by atoms with van der Waals surface area (Å²) in [6.07, 6.45) is 3.16. The van der Waals surface area contributed by atoms with E-state index in [-0.39, 0.29) is 5.91 Å². The number of aromatic nitrogens is 2. The topological polar surface area (TPSA) is 95.1 Å². The van der Waals surface area contributed by atoms with Gasteiger partial charge in [0.2, 0.25) is 5.91 Å². The Hall–Kier alpha value is -2.88. The van der Waals surface area contributed by atoms with Gasteiger partial charge in [-0.25, -0.2) is 4.98 Å². The standard InChI is InChI=1S/C22H29N5O2/c1-14-10-15(2)25-22(20(14)11-23)27-9-5-6-18(13-27)12-24-21(28)8-7-19-16(3)26-29-17(19)4/h10,18H,5-9,12-13H2,1-4H3,(H,24,28). The summed E-state index contributed by atoms with van der Waals surface area (Å²) in [7, 11) is 0. The van der Waals surface area contributed by atoms with Crippen molar-refractivity contribution in [1.29, 1.82) is 5.26 Å². The second-order valence-electron chi connectivity index (χ2n) is 7.95. The third kappa shape index (κ3) is 4.94. The van der Waals surface area contributed by atoms with Crippen LogP contribution in [-0.2, 0) is 11.2 Å². The molecule has 1 unspecified atom stereocenters. The number of amides is 1. The first kappa shape index (κ1) is 20.8. The van der Waals surface area contributed by atoms with Crippen LogP contribution in [0.25, 0.3) is 0 Å². The quantitative estimate of drug-likeness (QED) is 0.807. The molecule has 2 aromatic rings. The highest BCUT2D eigenvalue weighted by atomic mass is 16.5. The van der Waals surface area contributed by atoms with E-state index in [9.17, 15) is 10.1 Å². The van der Waals surface area contributed by atoms with Crippen LogP contribution in [0.1, 0.15) is 53.1 Å². The predicted molar refractivity (Wildman–Crippen MR) is 111 cm³/mol. The summed E-state index contributed by atoms with van der Waals surface area (Å²) in [5, 5.41) is 16.6. The summed E-state index contributed by atoms with van der Waals surface area (Å²) in [5.74, 6) is 1.96. The lowest BCUT2D eigenvalue weighted by molar-refractivity contribution is -0.121. The second kappa shape index (κ2) is 9.08. The molecule has 29 heavy (non-hydrogen) atoms. The van der Waals surface area contributed by atoms with E-state index < -0.39 is 0 Å². The first-order chi connectivity index (χ1) is 13.9. The van der Waals surface area contributed by atoms with Crippen LogP contribution >= 0.6 is 0 Å². The Morgan fingerprint density at radius 3 is 2.86 bits per heavy atom. The number of carbonyl (C=O) groups is 1. The maximum Gasteiger partial charge on any atom is 0.220 e. The Balaban J connectivity index is 1.55. The van der Waals surface area contributed by atoms with E-state index in [4.69, 9.17) is 4.52 Å². The lowest BCUT2D eigenvalue weighted by Crippen LogP contribution is -2.41. The number of nitriles is 1. The highest BCUT2D eigenvalue weighted by Gasteiger charge is 2.24. The SMILES string of the molecule is Cc1cc(C)c(C#N)c(N2CCCC(CNC(=O)CCc3c(C)noc3C)C2)n1. The van der Waals surface area contributed by atoms with Crippen LogP contribution in [0.3, 0.4) is 0 Å². The zero-order chi connectivity index (χ0) is 21.0. The molecule has 2 aromatic heterocycles. The van der Waals surface area contributed by atoms with Crippen LogP contribution < -0.4 is 10.2 Å². The number of piperidine rings is 1. The Labute approximate surface area is 172 Å². The van der Waals surface area contributed by atoms with E-state index in [2.05, 4.69) is 26.4 Å². The first-order valence-corrected chi connectivity index (χ1v) is 10.2. The van der Waals surface area contributed by atoms with Gasteiger partial charge in [0.15, 0.2) is 0 Å². The summed E-state index contributed by atoms with van der Waals surface area (Å²) < 4.78 is 5.16. The molecule has 7 nitrogen and oxygen atoms in total. The van der Waals surface area contributed by atoms with Crippen LogP contribution in [0, 0.1) is 44.9 Å². The van der Waals surface area contributed by atoms with E-state index in [1.807, 2.05) is 33.8 Å². The van der Waals surface area contributed by atoms with Crippen molar-refractivity contribution in [3.63, 3.8) is 0 Å². The number of nitrogens with zero attached hydrogens (tertiary/aromatic N) is 4. The average Bonchev–Trinajstić information content (AvgIpc) is 3.02. The number of rotatable bonds is 6. The number of anilines is 1. The van der Waals surface area contributed by atoms with Crippen molar-refractivity contribution >= 4 is 11.7 Å². The highest BCUT2D eigenvalue weighted by Crippen LogP contribution is 2.26. The number of carbonyl (C=O) groups excluding carboxylic acids is 1. The minimum Gasteiger partial charge on any atom is -0.361 e. The van der Waals surface area contributed by atoms with Crippen LogP contribution in [-0.4, -0.2) is 35.7 Å². The lowest BCUT2D eigenvalue weighted by atomic mass is 9.97. The summed E-state index contributed by atoms with van der Waals surface area (Å²) >= 11 is 0. The van der Waals surface area contributed by atoms with Gasteiger partial charge in [-0.15, -0.1) is 0 Å². The zero-order valence-electron chi connectivity index (χ0n) is 17.7. The molecule has 1 amide bonds. The van der Waals surface area contributed by atoms with Gasteiger partial charge in [-0.05, 0) is 64.5 Å². The molecule has 0 bridgehead atoms. The Morgan fingerprint density at radius 1 is 1.38 bits per heavy atom. The van der Waals surface area contributed by atoms with Crippen LogP contribution in [0.15, 0.2) is 10.6 Å². The number of aryl methyl sites for hydroxylation is 4. The molecule has 1 saturated heterocycles. The Bertz CT molecular complexity index is 909. The van der Waals surface area contributed by atoms with E-state index in [1.165, 1.54) is 0 Å². The summed E-state index contributed by atoms with van der Waals surface area (Å²) in [6, 6.07) is 4.25. The fourth-order valence-electron chi connectivity index (χ4n) is 4.05. The van der Waals surface area contributed by atoms with E-state index in [0.717, 1.165) is 60.0 Å². The van der Waals surface area contributed by atoms with Gasteiger partial charge in [0.25, 0.3) is 0 Å². The van der Waals surface area contributed by atoms with Gasteiger partial charge in [0.1, 0.15) is 17.6 Å². The van der Waals surface area contributed by atoms with Crippen molar-refractivity contribution in [2.75, 3.05) is 24.5 Å². The van der Waals surface area contributed by atoms with Crippen molar-refractivity contribution < 1.29 is 9.32 Å². The maximum absolute atomic E-state index is 12.3. The molecule has 0 radical (unpaired) electrons. The fraction of sp³-hybridized carbons (Fsp3) is 0.545. The van der Waals surface area contributed by atoms with Crippen molar-refractivity contribution in [2.45, 2.75) is 53.4 Å². The Morgan fingerprint density at radius 2 is 2.17 bits per heavy atom. The van der Waals surface area contributed by atoms with E-state index >= 15 is 0 Å². The van der Waals surface area contributed by atoms with Crippen LogP contribution in [0.4, 0.5) is 5.82 Å². The second-order valence-corrected chi connectivity index (χ2v) is 7.95. The zero-order valence-corrected chi connectivity index (χ0v) is 17.7. The molecule has 1 aliphatic heterocycles. The normalized spacial score (nSPS) is 16.5. The summed E-state index contributed by atoms with van der Waals surface area (Å²) in [6.45, 7) is 10.0. The van der Waals surface area contributed by atoms with Crippen molar-refractivity contribution in [3.8, 4) is 6.07 Å². The van der Waals surface area contributed by atoms with Crippen LogP contribution in [0.5, 0.6) is 0 Å². The van der Waals surface area contributed by atoms with Gasteiger partial charge in [-0.3, -0.25) is 4.79 Å².